The summed E-state index contributed by atoms with van der Waals surface area (Å²) in [5.74, 6) is -1.21. The molecule has 5 rings (SSSR count). The van der Waals surface area contributed by atoms with Crippen LogP contribution in [0, 0.1) is 10.8 Å². The van der Waals surface area contributed by atoms with Crippen LogP contribution in [-0.2, 0) is 57.1 Å². The van der Waals surface area contributed by atoms with Gasteiger partial charge in [0.2, 0.25) is 0 Å². The van der Waals surface area contributed by atoms with Crippen LogP contribution >= 0.6 is 0 Å². The predicted octanol–water partition coefficient (Wildman–Crippen LogP) is 0.140. The molecule has 5 aliphatic rings. The van der Waals surface area contributed by atoms with E-state index in [1.807, 2.05) is 0 Å². The third-order valence-corrected chi connectivity index (χ3v) is 8.02. The number of hydrogen-bond acceptors (Lipinski definition) is 12. The maximum atomic E-state index is 11.4. The molecule has 4 amide bonds. The van der Waals surface area contributed by atoms with Crippen molar-refractivity contribution < 1.29 is 57.1 Å². The molecule has 0 aromatic rings. The highest BCUT2D eigenvalue weighted by atomic mass is 16.6. The fourth-order valence-corrected chi connectivity index (χ4v) is 6.05. The van der Waals surface area contributed by atoms with E-state index in [4.69, 9.17) is 37.9 Å². The van der Waals surface area contributed by atoms with Gasteiger partial charge in [0.1, 0.15) is 0 Å². The van der Waals surface area contributed by atoms with Gasteiger partial charge >= 0.3 is 0 Å². The van der Waals surface area contributed by atoms with E-state index in [0.717, 1.165) is 42.3 Å². The average molecular weight is 639 g/mol. The molecule has 14 heteroatoms. The normalized spacial score (nSPS) is 23.5. The van der Waals surface area contributed by atoms with Gasteiger partial charge in [-0.2, -0.15) is 0 Å². The van der Waals surface area contributed by atoms with Gasteiger partial charge in [0.25, 0.3) is 23.6 Å². The summed E-state index contributed by atoms with van der Waals surface area (Å²) in [7, 11) is 0. The van der Waals surface area contributed by atoms with E-state index in [-0.39, 0.29) is 49.9 Å². The van der Waals surface area contributed by atoms with Crippen LogP contribution in [0.15, 0.2) is 24.3 Å². The number of hydrogen-bond donors (Lipinski definition) is 0. The van der Waals surface area contributed by atoms with Crippen molar-refractivity contribution in [2.45, 2.75) is 19.3 Å². The molecule has 45 heavy (non-hydrogen) atoms. The molecular formula is C31H46N2O12. The Labute approximate surface area is 263 Å². The third kappa shape index (κ3) is 11.3. The van der Waals surface area contributed by atoms with E-state index in [1.165, 1.54) is 24.3 Å². The van der Waals surface area contributed by atoms with E-state index < -0.39 is 0 Å². The standard InChI is InChI=1S/C31H46N2O12/c34-26-1-2-27(35)32(26)5-7-38-9-11-40-13-15-42-17-19-44-24-30-21-31(22-30,23-30)25-45-20-18-43-16-14-41-12-10-39-8-6-33-28(36)3-4-29(33)37/h1-4H,5-25H2. The van der Waals surface area contributed by atoms with Gasteiger partial charge in [-0.1, -0.05) is 0 Å². The minimum absolute atomic E-state index is 0.244. The van der Waals surface area contributed by atoms with Crippen LogP contribution in [0.5, 0.6) is 0 Å². The van der Waals surface area contributed by atoms with Crippen LogP contribution in [0.3, 0.4) is 0 Å². The lowest BCUT2D eigenvalue weighted by Gasteiger charge is -2.70. The van der Waals surface area contributed by atoms with Gasteiger partial charge in [-0.3, -0.25) is 29.0 Å². The van der Waals surface area contributed by atoms with E-state index >= 15 is 0 Å². The molecular weight excluding hydrogens is 592 g/mol. The Morgan fingerprint density at radius 1 is 0.400 bits per heavy atom. The Kier molecular flexibility index (Phi) is 14.6. The minimum atomic E-state index is -0.303. The molecule has 3 aliphatic carbocycles. The number of imide groups is 2. The number of amides is 4. The van der Waals surface area contributed by atoms with Gasteiger partial charge in [0.05, 0.1) is 119 Å². The van der Waals surface area contributed by atoms with E-state index in [0.29, 0.717) is 90.1 Å². The number of rotatable bonds is 28. The lowest BCUT2D eigenvalue weighted by molar-refractivity contribution is -0.254. The Hall–Kier alpha value is -2.56. The second kappa shape index (κ2) is 18.6. The van der Waals surface area contributed by atoms with Gasteiger partial charge in [0, 0.05) is 24.3 Å². The van der Waals surface area contributed by atoms with Crippen LogP contribution in [0.25, 0.3) is 0 Å². The monoisotopic (exact) mass is 638 g/mol. The SMILES string of the molecule is O=C1C=CC(=O)N1CCOCCOCCOCCOCC12CC(COCCOCCOCCOCCN3C(=O)C=CC3=O)(C1)C2. The Bertz CT molecular complexity index is 914. The Balaban J connectivity index is 0.825. The molecule has 14 nitrogen and oxygen atoms in total. The first-order valence-electron chi connectivity index (χ1n) is 15.6. The molecule has 2 bridgehead atoms. The maximum Gasteiger partial charge on any atom is 0.253 e. The van der Waals surface area contributed by atoms with Crippen LogP contribution in [-0.4, -0.2) is 152 Å². The second-order valence-corrected chi connectivity index (χ2v) is 11.6. The maximum absolute atomic E-state index is 11.4. The number of carbonyl (C=O) groups is 4. The first-order chi connectivity index (χ1) is 21.9. The highest BCUT2D eigenvalue weighted by molar-refractivity contribution is 6.13. The summed E-state index contributed by atoms with van der Waals surface area (Å²) in [4.78, 5) is 48.0. The molecule has 0 aromatic carbocycles. The molecule has 0 atom stereocenters. The summed E-state index contributed by atoms with van der Waals surface area (Å²) < 4.78 is 44.5. The molecule has 252 valence electrons. The molecule has 0 saturated heterocycles. The first kappa shape index (κ1) is 35.3. The van der Waals surface area contributed by atoms with Gasteiger partial charge in [0.15, 0.2) is 0 Å². The van der Waals surface area contributed by atoms with Crippen molar-refractivity contribution in [3.63, 3.8) is 0 Å². The largest absolute Gasteiger partial charge is 0.378 e. The van der Waals surface area contributed by atoms with Crippen LogP contribution < -0.4 is 0 Å². The van der Waals surface area contributed by atoms with Crippen LogP contribution in [0.2, 0.25) is 0 Å². The molecule has 0 aromatic heterocycles. The van der Waals surface area contributed by atoms with E-state index in [9.17, 15) is 19.2 Å². The molecule has 3 fully saturated rings. The van der Waals surface area contributed by atoms with E-state index in [2.05, 4.69) is 0 Å². The molecule has 0 radical (unpaired) electrons. The minimum Gasteiger partial charge on any atom is -0.378 e. The van der Waals surface area contributed by atoms with Crippen molar-refractivity contribution in [2.24, 2.45) is 10.8 Å². The van der Waals surface area contributed by atoms with Crippen LogP contribution in [0.1, 0.15) is 19.3 Å². The van der Waals surface area contributed by atoms with Gasteiger partial charge in [-0.05, 0) is 30.1 Å². The smallest absolute Gasteiger partial charge is 0.253 e. The highest BCUT2D eigenvalue weighted by Gasteiger charge is 2.67. The zero-order valence-corrected chi connectivity index (χ0v) is 26.0. The Morgan fingerprint density at radius 3 is 0.933 bits per heavy atom. The summed E-state index contributed by atoms with van der Waals surface area (Å²) >= 11 is 0. The predicted molar refractivity (Wildman–Crippen MR) is 157 cm³/mol. The van der Waals surface area contributed by atoms with Crippen molar-refractivity contribution >= 4 is 23.6 Å². The first-order valence-corrected chi connectivity index (χ1v) is 15.6. The van der Waals surface area contributed by atoms with Crippen molar-refractivity contribution in [2.75, 3.05) is 119 Å². The van der Waals surface area contributed by atoms with Crippen molar-refractivity contribution in [1.82, 2.24) is 9.80 Å². The average Bonchev–Trinajstić information content (AvgIpc) is 3.49. The summed E-state index contributed by atoms with van der Waals surface area (Å²) in [6.45, 7) is 8.27. The summed E-state index contributed by atoms with van der Waals surface area (Å²) in [5.41, 5.74) is 0.631. The quantitative estimate of drug-likeness (QED) is 0.0848. The molecule has 0 spiro atoms. The van der Waals surface area contributed by atoms with Crippen molar-refractivity contribution in [1.29, 1.82) is 0 Å². The molecule has 2 aliphatic heterocycles. The topological polar surface area (TPSA) is 149 Å². The molecule has 0 N–H and O–H groups in total. The summed E-state index contributed by atoms with van der Waals surface area (Å²) in [6.07, 6.45) is 8.49. The number of carbonyl (C=O) groups excluding carboxylic acids is 4. The van der Waals surface area contributed by atoms with E-state index in [1.54, 1.807) is 0 Å². The van der Waals surface area contributed by atoms with Gasteiger partial charge in [-0.25, -0.2) is 0 Å². The van der Waals surface area contributed by atoms with Gasteiger partial charge in [-0.15, -0.1) is 0 Å². The highest BCUT2D eigenvalue weighted by Crippen LogP contribution is 2.73. The molecule has 0 unspecified atom stereocenters. The van der Waals surface area contributed by atoms with Crippen molar-refractivity contribution in [3.8, 4) is 0 Å². The summed E-state index contributed by atoms with van der Waals surface area (Å²) in [6, 6.07) is 0. The van der Waals surface area contributed by atoms with Gasteiger partial charge < -0.3 is 37.9 Å². The molecule has 3 saturated carbocycles. The lowest BCUT2D eigenvalue weighted by Crippen LogP contribution is -2.65. The summed E-state index contributed by atoms with van der Waals surface area (Å²) in [5, 5.41) is 0. The number of ether oxygens (including phenoxy) is 8. The number of nitrogens with zero attached hydrogens (tertiary/aromatic N) is 2. The lowest BCUT2D eigenvalue weighted by atomic mass is 9.35. The third-order valence-electron chi connectivity index (χ3n) is 8.02. The second-order valence-electron chi connectivity index (χ2n) is 11.6. The van der Waals surface area contributed by atoms with Crippen molar-refractivity contribution in [3.05, 3.63) is 24.3 Å². The molecule has 2 heterocycles. The fourth-order valence-electron chi connectivity index (χ4n) is 6.05. The zero-order valence-electron chi connectivity index (χ0n) is 26.0. The zero-order chi connectivity index (χ0) is 31.8. The Morgan fingerprint density at radius 2 is 0.644 bits per heavy atom. The van der Waals surface area contributed by atoms with Crippen LogP contribution in [0.4, 0.5) is 0 Å². The fraction of sp³-hybridized carbons (Fsp3) is 0.742.